The molecule has 5 aromatic rings. The van der Waals surface area contributed by atoms with Crippen LogP contribution in [0.5, 0.6) is 0 Å². The Kier molecular flexibility index (Phi) is 6.49. The normalized spacial score (nSPS) is 12.1. The Morgan fingerprint density at radius 1 is 1.03 bits per heavy atom. The van der Waals surface area contributed by atoms with Crippen molar-refractivity contribution in [2.24, 2.45) is 0 Å². The Hall–Kier alpha value is -3.74. The number of aromatic nitrogens is 3. The van der Waals surface area contributed by atoms with E-state index in [9.17, 15) is 26.4 Å². The van der Waals surface area contributed by atoms with Crippen molar-refractivity contribution >= 4 is 54.0 Å². The first-order valence-electron chi connectivity index (χ1n) is 10.8. The number of thiazole rings is 1. The highest BCUT2D eigenvalue weighted by Crippen LogP contribution is 2.35. The second-order valence-corrected chi connectivity index (χ2v) is 11.7. The Labute approximate surface area is 223 Å². The fraction of sp³-hybridized carbons (Fsp3) is 0.0800. The minimum atomic E-state index is -4.67. The van der Waals surface area contributed by atoms with E-state index in [0.29, 0.717) is 15.8 Å². The Morgan fingerprint density at radius 3 is 2.39 bits per heavy atom. The zero-order chi connectivity index (χ0) is 27.2. The zero-order valence-electron chi connectivity index (χ0n) is 19.3. The van der Waals surface area contributed by atoms with Crippen LogP contribution in [-0.4, -0.2) is 35.3 Å². The SMILES string of the molecule is CS(=O)(=O)c1ccc2nc(NC(=O)c3ccc(-c4cc(C(F)(F)F)nn4-c4ccccc4Cl)cc3)sc2c1. The molecule has 2 heterocycles. The van der Waals surface area contributed by atoms with Crippen molar-refractivity contribution in [3.05, 3.63) is 89.1 Å². The summed E-state index contributed by atoms with van der Waals surface area (Å²) in [7, 11) is -3.39. The highest BCUT2D eigenvalue weighted by atomic mass is 35.5. The largest absolute Gasteiger partial charge is 0.435 e. The molecule has 2 aromatic heterocycles. The summed E-state index contributed by atoms with van der Waals surface area (Å²) in [6, 6.07) is 17.8. The molecular formula is C25H16ClF3N4O3S2. The highest BCUT2D eigenvalue weighted by molar-refractivity contribution is 7.90. The summed E-state index contributed by atoms with van der Waals surface area (Å²) < 4.78 is 65.6. The van der Waals surface area contributed by atoms with E-state index in [1.807, 2.05) is 0 Å². The standard InChI is InChI=1S/C25H16ClF3N4O3S2/c1-38(35,36)16-10-11-18-21(12-16)37-24(30-18)31-23(34)15-8-6-14(7-9-15)20-13-22(25(27,28)29)32-33(20)19-5-3-2-4-17(19)26/h2-13H,1H3,(H,30,31,34). The third kappa shape index (κ3) is 5.15. The van der Waals surface area contributed by atoms with Gasteiger partial charge < -0.3 is 0 Å². The van der Waals surface area contributed by atoms with E-state index < -0.39 is 27.6 Å². The molecule has 0 radical (unpaired) electrons. The average molecular weight is 577 g/mol. The van der Waals surface area contributed by atoms with Gasteiger partial charge in [0.15, 0.2) is 20.7 Å². The summed E-state index contributed by atoms with van der Waals surface area (Å²) in [6.45, 7) is 0. The van der Waals surface area contributed by atoms with E-state index in [2.05, 4.69) is 15.4 Å². The van der Waals surface area contributed by atoms with E-state index in [0.717, 1.165) is 28.3 Å². The molecule has 0 unspecified atom stereocenters. The quantitative estimate of drug-likeness (QED) is 0.258. The number of anilines is 1. The topological polar surface area (TPSA) is 93.9 Å². The molecule has 0 aliphatic rings. The maximum atomic E-state index is 13.5. The first-order chi connectivity index (χ1) is 17.9. The van der Waals surface area contributed by atoms with Crippen LogP contribution in [0.1, 0.15) is 16.1 Å². The van der Waals surface area contributed by atoms with Crippen molar-refractivity contribution in [1.82, 2.24) is 14.8 Å². The summed E-state index contributed by atoms with van der Waals surface area (Å²) in [4.78, 5) is 17.3. The predicted octanol–water partition coefficient (Wildman–Crippen LogP) is 6.48. The maximum Gasteiger partial charge on any atom is 0.435 e. The predicted molar refractivity (Wildman–Crippen MR) is 140 cm³/mol. The Morgan fingerprint density at radius 2 is 1.74 bits per heavy atom. The number of para-hydroxylation sites is 1. The Bertz CT molecular complexity index is 1800. The van der Waals surface area contributed by atoms with Crippen LogP contribution in [0, 0.1) is 0 Å². The molecule has 0 aliphatic heterocycles. The van der Waals surface area contributed by atoms with E-state index in [1.165, 1.54) is 36.4 Å². The third-order valence-corrected chi connectivity index (χ3v) is 7.90. The van der Waals surface area contributed by atoms with Crippen molar-refractivity contribution in [2.45, 2.75) is 11.1 Å². The van der Waals surface area contributed by atoms with Crippen molar-refractivity contribution in [3.63, 3.8) is 0 Å². The van der Waals surface area contributed by atoms with E-state index in [1.54, 1.807) is 30.3 Å². The number of hydrogen-bond donors (Lipinski definition) is 1. The fourth-order valence-corrected chi connectivity index (χ4v) is 5.52. The van der Waals surface area contributed by atoms with Crippen LogP contribution in [-0.2, 0) is 16.0 Å². The average Bonchev–Trinajstić information content (AvgIpc) is 3.47. The van der Waals surface area contributed by atoms with Crippen molar-refractivity contribution in [3.8, 4) is 16.9 Å². The minimum absolute atomic E-state index is 0.144. The summed E-state index contributed by atoms with van der Waals surface area (Å²) in [6.07, 6.45) is -3.56. The van der Waals surface area contributed by atoms with E-state index in [4.69, 9.17) is 11.6 Å². The number of alkyl halides is 3. The highest BCUT2D eigenvalue weighted by Gasteiger charge is 2.35. The number of halogens is 4. The number of nitrogens with one attached hydrogen (secondary N) is 1. The molecule has 3 aromatic carbocycles. The van der Waals surface area contributed by atoms with Gasteiger partial charge in [-0.1, -0.05) is 47.2 Å². The van der Waals surface area contributed by atoms with Gasteiger partial charge in [-0.05, 0) is 48.5 Å². The molecule has 0 saturated heterocycles. The number of benzene rings is 3. The maximum absolute atomic E-state index is 13.5. The lowest BCUT2D eigenvalue weighted by molar-refractivity contribution is -0.141. The second-order valence-electron chi connectivity index (χ2n) is 8.23. The molecule has 1 N–H and O–H groups in total. The minimum Gasteiger partial charge on any atom is -0.298 e. The van der Waals surface area contributed by atoms with Gasteiger partial charge in [-0.15, -0.1) is 0 Å². The Balaban J connectivity index is 1.43. The molecule has 13 heteroatoms. The fourth-order valence-electron chi connectivity index (χ4n) is 3.68. The van der Waals surface area contributed by atoms with Gasteiger partial charge in [-0.25, -0.2) is 18.1 Å². The van der Waals surface area contributed by atoms with Crippen LogP contribution >= 0.6 is 22.9 Å². The molecule has 1 amide bonds. The van der Waals surface area contributed by atoms with E-state index in [-0.39, 0.29) is 32.0 Å². The van der Waals surface area contributed by atoms with Gasteiger partial charge in [-0.2, -0.15) is 18.3 Å². The molecule has 194 valence electrons. The second kappa shape index (κ2) is 9.53. The van der Waals surface area contributed by atoms with Gasteiger partial charge in [0.1, 0.15) is 0 Å². The first kappa shape index (κ1) is 25.9. The molecule has 0 saturated carbocycles. The van der Waals surface area contributed by atoms with Crippen molar-refractivity contribution in [2.75, 3.05) is 11.6 Å². The lowest BCUT2D eigenvalue weighted by Crippen LogP contribution is -2.11. The number of carbonyl (C=O) groups excluding carboxylic acids is 1. The monoisotopic (exact) mass is 576 g/mol. The molecule has 0 aliphatic carbocycles. The third-order valence-electron chi connectivity index (χ3n) is 5.53. The van der Waals surface area contributed by atoms with Gasteiger partial charge in [-0.3, -0.25) is 10.1 Å². The summed E-state index contributed by atoms with van der Waals surface area (Å²) in [5, 5.41) is 6.89. The van der Waals surface area contributed by atoms with Gasteiger partial charge in [0.05, 0.1) is 31.5 Å². The van der Waals surface area contributed by atoms with Crippen LogP contribution in [0.15, 0.2) is 77.7 Å². The number of nitrogens with zero attached hydrogens (tertiary/aromatic N) is 3. The molecular weight excluding hydrogens is 561 g/mol. The number of hydrogen-bond acceptors (Lipinski definition) is 6. The van der Waals surface area contributed by atoms with Crippen LogP contribution in [0.4, 0.5) is 18.3 Å². The number of rotatable bonds is 5. The molecule has 5 rings (SSSR count). The number of carbonyl (C=O) groups is 1. The zero-order valence-corrected chi connectivity index (χ0v) is 21.7. The van der Waals surface area contributed by atoms with Crippen molar-refractivity contribution < 1.29 is 26.4 Å². The summed E-state index contributed by atoms with van der Waals surface area (Å²) in [5.74, 6) is -0.491. The van der Waals surface area contributed by atoms with Crippen LogP contribution < -0.4 is 5.32 Å². The molecule has 0 spiro atoms. The molecule has 38 heavy (non-hydrogen) atoms. The lowest BCUT2D eigenvalue weighted by atomic mass is 10.1. The first-order valence-corrected chi connectivity index (χ1v) is 13.9. The summed E-state index contributed by atoms with van der Waals surface area (Å²) in [5.41, 5.74) is 0.495. The van der Waals surface area contributed by atoms with Gasteiger partial charge in [0.25, 0.3) is 5.91 Å². The van der Waals surface area contributed by atoms with Crippen LogP contribution in [0.2, 0.25) is 5.02 Å². The number of sulfone groups is 1. The summed E-state index contributed by atoms with van der Waals surface area (Å²) >= 11 is 7.33. The molecule has 0 bridgehead atoms. The van der Waals surface area contributed by atoms with Gasteiger partial charge in [0, 0.05) is 17.4 Å². The number of fused-ring (bicyclic) bond motifs is 1. The molecule has 0 atom stereocenters. The van der Waals surface area contributed by atoms with E-state index >= 15 is 0 Å². The van der Waals surface area contributed by atoms with Gasteiger partial charge in [0.2, 0.25) is 0 Å². The molecule has 0 fully saturated rings. The number of amides is 1. The van der Waals surface area contributed by atoms with Crippen molar-refractivity contribution in [1.29, 1.82) is 0 Å². The van der Waals surface area contributed by atoms with Crippen LogP contribution in [0.25, 0.3) is 27.2 Å². The lowest BCUT2D eigenvalue weighted by Gasteiger charge is -2.10. The smallest absolute Gasteiger partial charge is 0.298 e. The molecule has 7 nitrogen and oxygen atoms in total. The van der Waals surface area contributed by atoms with Crippen LogP contribution in [0.3, 0.4) is 0 Å². The van der Waals surface area contributed by atoms with Gasteiger partial charge >= 0.3 is 6.18 Å².